The molecule has 92 valence electrons. The van der Waals surface area contributed by atoms with Crippen molar-refractivity contribution in [3.05, 3.63) is 35.9 Å². The molecule has 0 aliphatic heterocycles. The number of hydrogen-bond acceptors (Lipinski definition) is 2. The molecule has 0 aliphatic carbocycles. The average Bonchev–Trinajstić information content (AvgIpc) is 2.34. The fourth-order valence-corrected chi connectivity index (χ4v) is 1.40. The third-order valence-electron chi connectivity index (χ3n) is 2.38. The van der Waals surface area contributed by atoms with Gasteiger partial charge in [-0.15, -0.1) is 0 Å². The fraction of sp³-hybridized carbons (Fsp3) is 0.429. The molecule has 0 fully saturated rings. The van der Waals surface area contributed by atoms with Gasteiger partial charge in [-0.05, 0) is 5.92 Å². The minimum atomic E-state index is -0.0528. The number of Topliss-reactive ketones (excluding diaryl/α,β-unsaturated/α-hetero) is 1. The predicted molar refractivity (Wildman–Crippen MR) is 67.9 cm³/mol. The van der Waals surface area contributed by atoms with Crippen LogP contribution in [0.25, 0.3) is 0 Å². The summed E-state index contributed by atoms with van der Waals surface area (Å²) in [7, 11) is 0. The molecule has 1 amide bonds. The van der Waals surface area contributed by atoms with E-state index in [9.17, 15) is 9.59 Å². The molecule has 1 aromatic rings. The molecule has 0 atom stereocenters. The first-order valence-electron chi connectivity index (χ1n) is 5.94. The minimum Gasteiger partial charge on any atom is -0.356 e. The Morgan fingerprint density at radius 3 is 2.35 bits per heavy atom. The Hall–Kier alpha value is -1.64. The van der Waals surface area contributed by atoms with Gasteiger partial charge in [0.1, 0.15) is 0 Å². The quantitative estimate of drug-likeness (QED) is 0.767. The lowest BCUT2D eigenvalue weighted by atomic mass is 10.1. The maximum atomic E-state index is 11.7. The molecule has 0 aromatic heterocycles. The molecule has 0 heterocycles. The third kappa shape index (κ3) is 5.29. The second-order valence-corrected chi connectivity index (χ2v) is 4.49. The Morgan fingerprint density at radius 2 is 1.76 bits per heavy atom. The number of hydrogen-bond donors (Lipinski definition) is 1. The summed E-state index contributed by atoms with van der Waals surface area (Å²) in [6, 6.07) is 9.06. The molecule has 17 heavy (non-hydrogen) atoms. The zero-order valence-electron chi connectivity index (χ0n) is 10.4. The van der Waals surface area contributed by atoms with Crippen LogP contribution in [-0.2, 0) is 4.79 Å². The van der Waals surface area contributed by atoms with Crippen LogP contribution >= 0.6 is 0 Å². The summed E-state index contributed by atoms with van der Waals surface area (Å²) in [6.07, 6.45) is 0.536. The normalized spacial score (nSPS) is 10.3. The van der Waals surface area contributed by atoms with Gasteiger partial charge >= 0.3 is 0 Å². The van der Waals surface area contributed by atoms with Gasteiger partial charge in [-0.2, -0.15) is 0 Å². The lowest BCUT2D eigenvalue weighted by Gasteiger charge is -2.07. The molecule has 0 bridgehead atoms. The lowest BCUT2D eigenvalue weighted by molar-refractivity contribution is -0.121. The highest BCUT2D eigenvalue weighted by Gasteiger charge is 2.08. The average molecular weight is 233 g/mol. The van der Waals surface area contributed by atoms with Gasteiger partial charge in [0.25, 0.3) is 0 Å². The van der Waals surface area contributed by atoms with Gasteiger partial charge in [0.15, 0.2) is 5.78 Å². The Morgan fingerprint density at radius 1 is 1.12 bits per heavy atom. The molecule has 0 aliphatic rings. The van der Waals surface area contributed by atoms with Crippen molar-refractivity contribution in [2.75, 3.05) is 6.54 Å². The molecule has 1 aromatic carbocycles. The highest BCUT2D eigenvalue weighted by Crippen LogP contribution is 2.04. The van der Waals surface area contributed by atoms with E-state index < -0.39 is 0 Å². The van der Waals surface area contributed by atoms with E-state index in [1.165, 1.54) is 0 Å². The van der Waals surface area contributed by atoms with Crippen LogP contribution in [0.1, 0.15) is 37.0 Å². The van der Waals surface area contributed by atoms with Crippen LogP contribution in [0.15, 0.2) is 30.3 Å². The summed E-state index contributed by atoms with van der Waals surface area (Å²) < 4.78 is 0. The van der Waals surface area contributed by atoms with Crippen LogP contribution < -0.4 is 5.32 Å². The summed E-state index contributed by atoms with van der Waals surface area (Å²) in [4.78, 5) is 23.1. The van der Waals surface area contributed by atoms with E-state index in [0.29, 0.717) is 18.0 Å². The van der Waals surface area contributed by atoms with Crippen LogP contribution in [0.3, 0.4) is 0 Å². The van der Waals surface area contributed by atoms with Crippen LogP contribution in [0.2, 0.25) is 0 Å². The third-order valence-corrected chi connectivity index (χ3v) is 2.38. The van der Waals surface area contributed by atoms with Crippen molar-refractivity contribution >= 4 is 11.7 Å². The predicted octanol–water partition coefficient (Wildman–Crippen LogP) is 2.42. The number of rotatable bonds is 6. The number of nitrogens with one attached hydrogen (secondary N) is 1. The highest BCUT2D eigenvalue weighted by molar-refractivity contribution is 5.97. The summed E-state index contributed by atoms with van der Waals surface area (Å²) in [5.74, 6) is 0.400. The lowest BCUT2D eigenvalue weighted by Crippen LogP contribution is -2.27. The first kappa shape index (κ1) is 13.4. The van der Waals surface area contributed by atoms with Crippen molar-refractivity contribution in [1.82, 2.24) is 5.32 Å². The van der Waals surface area contributed by atoms with Gasteiger partial charge in [-0.1, -0.05) is 44.2 Å². The SMILES string of the molecule is CC(C)CNC(=O)CCC(=O)c1ccccc1. The van der Waals surface area contributed by atoms with Crippen molar-refractivity contribution in [1.29, 1.82) is 0 Å². The van der Waals surface area contributed by atoms with E-state index >= 15 is 0 Å². The van der Waals surface area contributed by atoms with Crippen molar-refractivity contribution < 1.29 is 9.59 Å². The molecule has 0 saturated heterocycles. The molecule has 3 nitrogen and oxygen atoms in total. The number of ketones is 1. The van der Waals surface area contributed by atoms with Gasteiger partial charge in [0.05, 0.1) is 0 Å². The van der Waals surface area contributed by atoms with Crippen LogP contribution in [0.5, 0.6) is 0 Å². The van der Waals surface area contributed by atoms with Crippen LogP contribution in [0.4, 0.5) is 0 Å². The van der Waals surface area contributed by atoms with Crippen molar-refractivity contribution in [3.63, 3.8) is 0 Å². The maximum Gasteiger partial charge on any atom is 0.220 e. The van der Waals surface area contributed by atoms with Crippen molar-refractivity contribution in [3.8, 4) is 0 Å². The molecule has 0 saturated carbocycles. The Balaban J connectivity index is 2.31. The number of carbonyl (C=O) groups excluding carboxylic acids is 2. The second kappa shape index (κ2) is 6.84. The largest absolute Gasteiger partial charge is 0.356 e. The summed E-state index contributed by atoms with van der Waals surface area (Å²) >= 11 is 0. The summed E-state index contributed by atoms with van der Waals surface area (Å²) in [6.45, 7) is 4.74. The van der Waals surface area contributed by atoms with Crippen molar-refractivity contribution in [2.24, 2.45) is 5.92 Å². The molecular weight excluding hydrogens is 214 g/mol. The molecule has 1 rings (SSSR count). The standard InChI is InChI=1S/C14H19NO2/c1-11(2)10-15-14(17)9-8-13(16)12-6-4-3-5-7-12/h3-7,11H,8-10H2,1-2H3,(H,15,17). The molecule has 0 radical (unpaired) electrons. The topological polar surface area (TPSA) is 46.2 Å². The monoisotopic (exact) mass is 233 g/mol. The second-order valence-electron chi connectivity index (χ2n) is 4.49. The molecule has 3 heteroatoms. The van der Waals surface area contributed by atoms with E-state index in [1.807, 2.05) is 32.0 Å². The first-order chi connectivity index (χ1) is 8.09. The molecule has 0 spiro atoms. The Labute approximate surface area is 102 Å². The molecular formula is C14H19NO2. The van der Waals surface area contributed by atoms with Gasteiger partial charge in [-0.25, -0.2) is 0 Å². The number of amides is 1. The van der Waals surface area contributed by atoms with Gasteiger partial charge in [-0.3, -0.25) is 9.59 Å². The van der Waals surface area contributed by atoms with Crippen molar-refractivity contribution in [2.45, 2.75) is 26.7 Å². The fourth-order valence-electron chi connectivity index (χ4n) is 1.40. The van der Waals surface area contributed by atoms with Gasteiger partial charge in [0, 0.05) is 24.9 Å². The number of carbonyl (C=O) groups is 2. The summed E-state index contributed by atoms with van der Waals surface area (Å²) in [5, 5.41) is 2.80. The van der Waals surface area contributed by atoms with E-state index in [0.717, 1.165) is 0 Å². The van der Waals surface area contributed by atoms with E-state index in [-0.39, 0.29) is 24.5 Å². The number of benzene rings is 1. The Bertz CT molecular complexity index is 371. The van der Waals surface area contributed by atoms with Gasteiger partial charge < -0.3 is 5.32 Å². The van der Waals surface area contributed by atoms with Gasteiger partial charge in [0.2, 0.25) is 5.91 Å². The van der Waals surface area contributed by atoms with E-state index in [4.69, 9.17) is 0 Å². The summed E-state index contributed by atoms with van der Waals surface area (Å²) in [5.41, 5.74) is 0.671. The zero-order chi connectivity index (χ0) is 12.7. The molecule has 1 N–H and O–H groups in total. The minimum absolute atomic E-state index is 0.0188. The smallest absolute Gasteiger partial charge is 0.220 e. The maximum absolute atomic E-state index is 11.7. The highest BCUT2D eigenvalue weighted by atomic mass is 16.2. The molecule has 0 unspecified atom stereocenters. The van der Waals surface area contributed by atoms with E-state index in [1.54, 1.807) is 12.1 Å². The van der Waals surface area contributed by atoms with Crippen LogP contribution in [-0.4, -0.2) is 18.2 Å². The van der Waals surface area contributed by atoms with E-state index in [2.05, 4.69) is 5.32 Å². The Kier molecular flexibility index (Phi) is 5.40. The van der Waals surface area contributed by atoms with Crippen LogP contribution in [0, 0.1) is 5.92 Å². The first-order valence-corrected chi connectivity index (χ1v) is 5.94. The zero-order valence-corrected chi connectivity index (χ0v) is 10.4.